The molecule has 0 N–H and O–H groups in total. The summed E-state index contributed by atoms with van der Waals surface area (Å²) in [5.74, 6) is 1.23. The Labute approximate surface area is 147 Å². The monoisotopic (exact) mass is 347 g/mol. The minimum Gasteiger partial charge on any atom is -0.342 e. The van der Waals surface area contributed by atoms with E-state index >= 15 is 0 Å². The van der Waals surface area contributed by atoms with Crippen molar-refractivity contribution in [3.8, 4) is 0 Å². The normalized spacial score (nSPS) is 30.1. The van der Waals surface area contributed by atoms with Crippen molar-refractivity contribution in [1.82, 2.24) is 14.8 Å². The molecule has 2 aliphatic heterocycles. The summed E-state index contributed by atoms with van der Waals surface area (Å²) in [6.07, 6.45) is 4.68. The Balaban J connectivity index is 1.63. The highest BCUT2D eigenvalue weighted by Crippen LogP contribution is 2.51. The Bertz CT molecular complexity index is 641. The Kier molecular flexibility index (Phi) is 3.90. The van der Waals surface area contributed by atoms with Crippen LogP contribution in [0.25, 0.3) is 0 Å². The van der Waals surface area contributed by atoms with Gasteiger partial charge in [0.05, 0.1) is 10.4 Å². The van der Waals surface area contributed by atoms with E-state index in [-0.39, 0.29) is 23.7 Å². The van der Waals surface area contributed by atoms with Gasteiger partial charge >= 0.3 is 0 Å². The molecule has 1 aliphatic carbocycles. The summed E-state index contributed by atoms with van der Waals surface area (Å²) in [4.78, 5) is 34.4. The van der Waals surface area contributed by atoms with Gasteiger partial charge in [-0.25, -0.2) is 4.98 Å². The van der Waals surface area contributed by atoms with Crippen LogP contribution in [0.15, 0.2) is 11.6 Å². The molecule has 3 heterocycles. The molecule has 2 atom stereocenters. The molecule has 0 radical (unpaired) electrons. The molecular formula is C18H25N3O2S. The van der Waals surface area contributed by atoms with Crippen LogP contribution in [0.1, 0.15) is 44.0 Å². The standard InChI is InChI=1S/C18H25N3O2S/c1-12(2)9-20-7-5-18(17(20)23)11-21(16(22)13-3-4-13)10-14(18)15-19-6-8-24-15/h6,8,12-14H,3-5,7,9-11H2,1-2H3/t14-,18+/m1/s1. The molecule has 2 amide bonds. The average molecular weight is 347 g/mol. The van der Waals surface area contributed by atoms with E-state index in [2.05, 4.69) is 18.8 Å². The van der Waals surface area contributed by atoms with Gasteiger partial charge in [-0.05, 0) is 25.2 Å². The third-order valence-corrected chi connectivity index (χ3v) is 6.55. The number of carbonyl (C=O) groups is 2. The number of likely N-dealkylation sites (tertiary alicyclic amines) is 2. The highest BCUT2D eigenvalue weighted by atomic mass is 32.1. The van der Waals surface area contributed by atoms with Gasteiger partial charge in [0.15, 0.2) is 0 Å². The molecule has 130 valence electrons. The molecule has 5 nitrogen and oxygen atoms in total. The van der Waals surface area contributed by atoms with Gasteiger partial charge in [-0.2, -0.15) is 0 Å². The average Bonchev–Trinajstić information content (AvgIpc) is 3.00. The van der Waals surface area contributed by atoms with Crippen molar-refractivity contribution in [2.24, 2.45) is 17.3 Å². The van der Waals surface area contributed by atoms with Crippen LogP contribution in [0.3, 0.4) is 0 Å². The van der Waals surface area contributed by atoms with Crippen LogP contribution in [-0.2, 0) is 9.59 Å². The highest BCUT2D eigenvalue weighted by Gasteiger charge is 2.59. The van der Waals surface area contributed by atoms with Crippen molar-refractivity contribution in [2.45, 2.75) is 39.0 Å². The molecule has 0 unspecified atom stereocenters. The van der Waals surface area contributed by atoms with Crippen molar-refractivity contribution < 1.29 is 9.59 Å². The molecule has 1 saturated carbocycles. The molecule has 1 aromatic rings. The molecule has 4 rings (SSSR count). The minimum atomic E-state index is -0.447. The lowest BCUT2D eigenvalue weighted by molar-refractivity contribution is -0.137. The van der Waals surface area contributed by atoms with E-state index in [9.17, 15) is 9.59 Å². The second kappa shape index (κ2) is 5.83. The van der Waals surface area contributed by atoms with Crippen molar-refractivity contribution in [3.63, 3.8) is 0 Å². The SMILES string of the molecule is CC(C)CN1CC[C@@]2(CN(C(=O)C3CC3)C[C@@H]2c2nccs2)C1=O. The smallest absolute Gasteiger partial charge is 0.231 e. The Hall–Kier alpha value is -1.43. The number of amides is 2. The van der Waals surface area contributed by atoms with Gasteiger partial charge in [-0.1, -0.05) is 13.8 Å². The van der Waals surface area contributed by atoms with Crippen LogP contribution in [0, 0.1) is 17.3 Å². The fraction of sp³-hybridized carbons (Fsp3) is 0.722. The van der Waals surface area contributed by atoms with E-state index in [1.807, 2.05) is 21.4 Å². The predicted octanol–water partition coefficient (Wildman–Crippen LogP) is 2.35. The van der Waals surface area contributed by atoms with Gasteiger partial charge in [0.1, 0.15) is 0 Å². The van der Waals surface area contributed by atoms with E-state index in [0.717, 1.165) is 37.4 Å². The second-order valence-electron chi connectivity index (χ2n) is 7.97. The van der Waals surface area contributed by atoms with E-state index in [1.165, 1.54) is 0 Å². The van der Waals surface area contributed by atoms with Crippen LogP contribution < -0.4 is 0 Å². The summed E-state index contributed by atoms with van der Waals surface area (Å²) in [5, 5.41) is 2.99. The third-order valence-electron chi connectivity index (χ3n) is 5.66. The fourth-order valence-electron chi connectivity index (χ4n) is 4.33. The van der Waals surface area contributed by atoms with Gasteiger partial charge in [0.2, 0.25) is 11.8 Å². The summed E-state index contributed by atoms with van der Waals surface area (Å²) in [7, 11) is 0. The van der Waals surface area contributed by atoms with Crippen molar-refractivity contribution >= 4 is 23.2 Å². The zero-order chi connectivity index (χ0) is 16.9. The second-order valence-corrected chi connectivity index (χ2v) is 8.89. The summed E-state index contributed by atoms with van der Waals surface area (Å²) in [5.41, 5.74) is -0.447. The first-order chi connectivity index (χ1) is 11.5. The molecule has 0 aromatic carbocycles. The maximum absolute atomic E-state index is 13.3. The fourth-order valence-corrected chi connectivity index (χ4v) is 5.18. The first-order valence-corrected chi connectivity index (χ1v) is 9.87. The number of thiazole rings is 1. The van der Waals surface area contributed by atoms with Crippen LogP contribution in [0.4, 0.5) is 0 Å². The number of aromatic nitrogens is 1. The number of hydrogen-bond acceptors (Lipinski definition) is 4. The van der Waals surface area contributed by atoms with Gasteiger partial charge in [-0.15, -0.1) is 11.3 Å². The number of rotatable bonds is 4. The van der Waals surface area contributed by atoms with Crippen molar-refractivity contribution in [2.75, 3.05) is 26.2 Å². The molecule has 1 spiro atoms. The first kappa shape index (κ1) is 16.1. The lowest BCUT2D eigenvalue weighted by atomic mass is 9.77. The largest absolute Gasteiger partial charge is 0.342 e. The molecule has 0 bridgehead atoms. The van der Waals surface area contributed by atoms with Gasteiger partial charge < -0.3 is 9.80 Å². The van der Waals surface area contributed by atoms with Crippen LogP contribution >= 0.6 is 11.3 Å². The zero-order valence-electron chi connectivity index (χ0n) is 14.4. The Morgan fingerprint density at radius 3 is 2.88 bits per heavy atom. The first-order valence-electron chi connectivity index (χ1n) is 8.99. The summed E-state index contributed by atoms with van der Waals surface area (Å²) >= 11 is 1.62. The summed E-state index contributed by atoms with van der Waals surface area (Å²) in [6, 6.07) is 0. The number of hydrogen-bond donors (Lipinski definition) is 0. The molecule has 6 heteroatoms. The number of carbonyl (C=O) groups excluding carboxylic acids is 2. The highest BCUT2D eigenvalue weighted by molar-refractivity contribution is 7.09. The quantitative estimate of drug-likeness (QED) is 0.840. The molecule has 1 aromatic heterocycles. The Morgan fingerprint density at radius 2 is 2.25 bits per heavy atom. The lowest BCUT2D eigenvalue weighted by Gasteiger charge is -2.28. The van der Waals surface area contributed by atoms with E-state index in [1.54, 1.807) is 11.3 Å². The lowest BCUT2D eigenvalue weighted by Crippen LogP contribution is -2.41. The molecule has 2 saturated heterocycles. The third kappa shape index (κ3) is 2.55. The van der Waals surface area contributed by atoms with E-state index in [0.29, 0.717) is 19.0 Å². The van der Waals surface area contributed by atoms with Crippen LogP contribution in [0.5, 0.6) is 0 Å². The molecule has 24 heavy (non-hydrogen) atoms. The van der Waals surface area contributed by atoms with E-state index in [4.69, 9.17) is 0 Å². The summed E-state index contributed by atoms with van der Waals surface area (Å²) < 4.78 is 0. The number of nitrogens with zero attached hydrogens (tertiary/aromatic N) is 3. The van der Waals surface area contributed by atoms with Gasteiger partial charge in [0.25, 0.3) is 0 Å². The molecule has 3 aliphatic rings. The molecular weight excluding hydrogens is 322 g/mol. The van der Waals surface area contributed by atoms with E-state index < -0.39 is 5.41 Å². The van der Waals surface area contributed by atoms with Crippen LogP contribution in [0.2, 0.25) is 0 Å². The predicted molar refractivity (Wildman–Crippen MR) is 92.6 cm³/mol. The van der Waals surface area contributed by atoms with Gasteiger partial charge in [0, 0.05) is 49.6 Å². The maximum Gasteiger partial charge on any atom is 0.231 e. The summed E-state index contributed by atoms with van der Waals surface area (Å²) in [6.45, 7) is 7.15. The van der Waals surface area contributed by atoms with Crippen molar-refractivity contribution in [3.05, 3.63) is 16.6 Å². The molecule has 3 fully saturated rings. The zero-order valence-corrected chi connectivity index (χ0v) is 15.2. The Morgan fingerprint density at radius 1 is 1.46 bits per heavy atom. The van der Waals surface area contributed by atoms with Crippen LogP contribution in [-0.4, -0.2) is 52.8 Å². The van der Waals surface area contributed by atoms with Gasteiger partial charge in [-0.3, -0.25) is 9.59 Å². The topological polar surface area (TPSA) is 53.5 Å². The minimum absolute atomic E-state index is 0.0601. The van der Waals surface area contributed by atoms with Crippen molar-refractivity contribution in [1.29, 1.82) is 0 Å². The maximum atomic E-state index is 13.3.